The van der Waals surface area contributed by atoms with E-state index in [9.17, 15) is 0 Å². The maximum atomic E-state index is 3.79. The van der Waals surface area contributed by atoms with Crippen molar-refractivity contribution in [1.29, 1.82) is 0 Å². The van der Waals surface area contributed by atoms with Gasteiger partial charge in [-0.3, -0.25) is 0 Å². The second-order valence-electron chi connectivity index (χ2n) is 6.29. The van der Waals surface area contributed by atoms with Gasteiger partial charge >= 0.3 is 0 Å². The minimum atomic E-state index is 0.561. The molecule has 1 aliphatic rings. The summed E-state index contributed by atoms with van der Waals surface area (Å²) in [6, 6.07) is 9.60. The van der Waals surface area contributed by atoms with Crippen molar-refractivity contribution in [3.05, 3.63) is 35.4 Å². The quantitative estimate of drug-likeness (QED) is 0.759. The summed E-state index contributed by atoms with van der Waals surface area (Å²) < 4.78 is 0. The van der Waals surface area contributed by atoms with E-state index in [1.165, 1.54) is 37.7 Å². The number of hydrogen-bond acceptors (Lipinski definition) is 1. The summed E-state index contributed by atoms with van der Waals surface area (Å²) in [5.74, 6) is 1.77. The summed E-state index contributed by atoms with van der Waals surface area (Å²) >= 11 is 0. The van der Waals surface area contributed by atoms with Gasteiger partial charge in [-0.25, -0.2) is 0 Å². The lowest BCUT2D eigenvalue weighted by Crippen LogP contribution is -2.32. The molecule has 1 aliphatic carbocycles. The third-order valence-corrected chi connectivity index (χ3v) is 5.07. The van der Waals surface area contributed by atoms with Crippen LogP contribution in [-0.2, 0) is 6.42 Å². The Morgan fingerprint density at radius 1 is 1.15 bits per heavy atom. The first-order chi connectivity index (χ1) is 9.80. The maximum absolute atomic E-state index is 3.79. The van der Waals surface area contributed by atoms with Gasteiger partial charge in [-0.1, -0.05) is 64.3 Å². The first kappa shape index (κ1) is 15.6. The fraction of sp³-hybridized carbons (Fsp3) is 0.684. The van der Waals surface area contributed by atoms with E-state index in [1.807, 2.05) is 0 Å². The maximum Gasteiger partial charge on any atom is 0.0351 e. The molecule has 3 atom stereocenters. The Bertz CT molecular complexity index is 399. The Morgan fingerprint density at radius 3 is 2.65 bits per heavy atom. The smallest absolute Gasteiger partial charge is 0.0351 e. The molecular formula is C19H31N. The molecule has 2 rings (SSSR count). The van der Waals surface area contributed by atoms with Crippen LogP contribution in [0.3, 0.4) is 0 Å². The second-order valence-corrected chi connectivity index (χ2v) is 6.29. The van der Waals surface area contributed by atoms with Gasteiger partial charge in [0.15, 0.2) is 0 Å². The molecule has 1 aromatic carbocycles. The normalized spacial score (nSPS) is 24.6. The molecule has 3 unspecified atom stereocenters. The highest BCUT2D eigenvalue weighted by atomic mass is 14.9. The van der Waals surface area contributed by atoms with Gasteiger partial charge in [0.05, 0.1) is 0 Å². The molecule has 0 heterocycles. The standard InChI is InChI=1S/C19H31N/c1-4-15-10-9-12-17(14-15)19(20-6-3)18-13-8-7-11-16(18)5-2/h7-8,11,13,15,17,19-20H,4-6,9-10,12,14H2,1-3H3. The number of aryl methyl sites for hydroxylation is 1. The van der Waals surface area contributed by atoms with Gasteiger partial charge in [-0.2, -0.15) is 0 Å². The van der Waals surface area contributed by atoms with Crippen LogP contribution in [0.5, 0.6) is 0 Å². The van der Waals surface area contributed by atoms with Gasteiger partial charge in [0.1, 0.15) is 0 Å². The van der Waals surface area contributed by atoms with Crippen molar-refractivity contribution in [3.8, 4) is 0 Å². The predicted molar refractivity (Wildman–Crippen MR) is 88.0 cm³/mol. The van der Waals surface area contributed by atoms with Crippen LogP contribution in [0, 0.1) is 11.8 Å². The van der Waals surface area contributed by atoms with Gasteiger partial charge in [0, 0.05) is 6.04 Å². The first-order valence-corrected chi connectivity index (χ1v) is 8.61. The zero-order valence-corrected chi connectivity index (χ0v) is 13.5. The third-order valence-electron chi connectivity index (χ3n) is 5.07. The Labute approximate surface area is 125 Å². The minimum absolute atomic E-state index is 0.561. The van der Waals surface area contributed by atoms with Crippen LogP contribution >= 0.6 is 0 Å². The Morgan fingerprint density at radius 2 is 1.95 bits per heavy atom. The molecule has 0 aromatic heterocycles. The van der Waals surface area contributed by atoms with E-state index < -0.39 is 0 Å². The van der Waals surface area contributed by atoms with Gasteiger partial charge in [0.2, 0.25) is 0 Å². The number of nitrogens with one attached hydrogen (secondary N) is 1. The van der Waals surface area contributed by atoms with Crippen molar-refractivity contribution in [1.82, 2.24) is 5.32 Å². The van der Waals surface area contributed by atoms with Crippen molar-refractivity contribution in [2.24, 2.45) is 11.8 Å². The van der Waals surface area contributed by atoms with Crippen LogP contribution in [0.1, 0.15) is 70.0 Å². The van der Waals surface area contributed by atoms with E-state index in [0.29, 0.717) is 6.04 Å². The zero-order valence-electron chi connectivity index (χ0n) is 13.5. The lowest BCUT2D eigenvalue weighted by atomic mass is 9.74. The molecule has 20 heavy (non-hydrogen) atoms. The van der Waals surface area contributed by atoms with Gasteiger partial charge in [-0.15, -0.1) is 0 Å². The molecule has 0 radical (unpaired) electrons. The summed E-state index contributed by atoms with van der Waals surface area (Å²) in [4.78, 5) is 0. The summed E-state index contributed by atoms with van der Waals surface area (Å²) in [5.41, 5.74) is 3.08. The van der Waals surface area contributed by atoms with Crippen LogP contribution < -0.4 is 5.32 Å². The molecule has 1 nitrogen and oxygen atoms in total. The molecule has 1 heteroatoms. The highest BCUT2D eigenvalue weighted by Gasteiger charge is 2.29. The molecule has 1 fully saturated rings. The van der Waals surface area contributed by atoms with E-state index in [-0.39, 0.29) is 0 Å². The van der Waals surface area contributed by atoms with Crippen LogP contribution in [0.2, 0.25) is 0 Å². The summed E-state index contributed by atoms with van der Waals surface area (Å²) in [6.45, 7) is 7.94. The van der Waals surface area contributed by atoms with Crippen molar-refractivity contribution < 1.29 is 0 Å². The Balaban J connectivity index is 2.21. The van der Waals surface area contributed by atoms with Crippen LogP contribution in [0.15, 0.2) is 24.3 Å². The molecule has 0 bridgehead atoms. The van der Waals surface area contributed by atoms with E-state index in [4.69, 9.17) is 0 Å². The molecule has 1 saturated carbocycles. The Kier molecular flexibility index (Phi) is 6.09. The van der Waals surface area contributed by atoms with Crippen molar-refractivity contribution in [2.75, 3.05) is 6.54 Å². The van der Waals surface area contributed by atoms with Crippen LogP contribution in [0.4, 0.5) is 0 Å². The van der Waals surface area contributed by atoms with Crippen LogP contribution in [0.25, 0.3) is 0 Å². The average molecular weight is 273 g/mol. The molecule has 0 saturated heterocycles. The SMILES string of the molecule is CCNC(c1ccccc1CC)C1CCCC(CC)C1. The zero-order chi connectivity index (χ0) is 14.4. The fourth-order valence-corrected chi connectivity index (χ4v) is 3.92. The highest BCUT2D eigenvalue weighted by Crippen LogP contribution is 2.39. The number of rotatable bonds is 6. The van der Waals surface area contributed by atoms with Gasteiger partial charge in [0.25, 0.3) is 0 Å². The molecule has 112 valence electrons. The topological polar surface area (TPSA) is 12.0 Å². The first-order valence-electron chi connectivity index (χ1n) is 8.61. The largest absolute Gasteiger partial charge is 0.310 e. The predicted octanol–water partition coefficient (Wildman–Crippen LogP) is 5.12. The summed E-state index contributed by atoms with van der Waals surface area (Å²) in [6.07, 6.45) is 8.16. The number of benzene rings is 1. The Hall–Kier alpha value is -0.820. The molecule has 0 aliphatic heterocycles. The monoisotopic (exact) mass is 273 g/mol. The molecule has 0 spiro atoms. The average Bonchev–Trinajstić information content (AvgIpc) is 2.52. The summed E-state index contributed by atoms with van der Waals surface area (Å²) in [5, 5.41) is 3.79. The highest BCUT2D eigenvalue weighted by molar-refractivity contribution is 5.30. The van der Waals surface area contributed by atoms with E-state index >= 15 is 0 Å². The lowest BCUT2D eigenvalue weighted by molar-refractivity contribution is 0.210. The van der Waals surface area contributed by atoms with E-state index in [0.717, 1.165) is 24.8 Å². The van der Waals surface area contributed by atoms with E-state index in [2.05, 4.69) is 50.4 Å². The lowest BCUT2D eigenvalue weighted by Gasteiger charge is -2.36. The second kappa shape index (κ2) is 7.83. The van der Waals surface area contributed by atoms with Crippen molar-refractivity contribution >= 4 is 0 Å². The molecule has 1 N–H and O–H groups in total. The molecule has 1 aromatic rings. The van der Waals surface area contributed by atoms with Crippen molar-refractivity contribution in [2.45, 2.75) is 65.3 Å². The van der Waals surface area contributed by atoms with Gasteiger partial charge in [-0.05, 0) is 48.8 Å². The third kappa shape index (κ3) is 3.63. The number of hydrogen-bond donors (Lipinski definition) is 1. The van der Waals surface area contributed by atoms with Gasteiger partial charge < -0.3 is 5.32 Å². The van der Waals surface area contributed by atoms with Crippen LogP contribution in [-0.4, -0.2) is 6.54 Å². The molecule has 0 amide bonds. The molecular weight excluding hydrogens is 242 g/mol. The van der Waals surface area contributed by atoms with Crippen molar-refractivity contribution in [3.63, 3.8) is 0 Å². The minimum Gasteiger partial charge on any atom is -0.310 e. The summed E-state index contributed by atoms with van der Waals surface area (Å²) in [7, 11) is 0. The van der Waals surface area contributed by atoms with E-state index in [1.54, 1.807) is 5.56 Å². The fourth-order valence-electron chi connectivity index (χ4n) is 3.92.